The molecule has 116 valence electrons. The molecule has 0 heterocycles. The van der Waals surface area contributed by atoms with Gasteiger partial charge in [0.05, 0.1) is 0 Å². The molecule has 0 aromatic carbocycles. The van der Waals surface area contributed by atoms with E-state index in [1.807, 2.05) is 0 Å². The molecule has 20 heavy (non-hydrogen) atoms. The highest BCUT2D eigenvalue weighted by molar-refractivity contribution is 5.59. The van der Waals surface area contributed by atoms with Crippen molar-refractivity contribution in [2.45, 2.75) is 52.6 Å². The van der Waals surface area contributed by atoms with Crippen molar-refractivity contribution in [2.75, 3.05) is 0 Å². The van der Waals surface area contributed by atoms with E-state index in [0.717, 1.165) is 25.7 Å². The van der Waals surface area contributed by atoms with Crippen LogP contribution < -0.4 is 0 Å². The second-order valence-electron chi connectivity index (χ2n) is 5.78. The van der Waals surface area contributed by atoms with E-state index in [9.17, 15) is 9.59 Å². The van der Waals surface area contributed by atoms with Gasteiger partial charge in [0.15, 0.2) is 0 Å². The quantitative estimate of drug-likeness (QED) is 0.365. The summed E-state index contributed by atoms with van der Waals surface area (Å²) >= 11 is 0. The Balaban J connectivity index is 2.17. The van der Waals surface area contributed by atoms with Crippen molar-refractivity contribution in [3.05, 3.63) is 0 Å². The summed E-state index contributed by atoms with van der Waals surface area (Å²) in [4.78, 5) is 28.6. The van der Waals surface area contributed by atoms with Gasteiger partial charge in [-0.1, -0.05) is 20.8 Å². The minimum atomic E-state index is -1.73. The zero-order valence-corrected chi connectivity index (χ0v) is 11.8. The predicted molar refractivity (Wildman–Crippen MR) is 64.0 cm³/mol. The smallest absolute Gasteiger partial charge is 0.448 e. The van der Waals surface area contributed by atoms with E-state index in [4.69, 9.17) is 9.84 Å². The van der Waals surface area contributed by atoms with Gasteiger partial charge in [-0.05, 0) is 37.0 Å². The molecule has 1 rings (SSSR count). The average molecular weight is 292 g/mol. The lowest BCUT2D eigenvalue weighted by Gasteiger charge is -2.36. The molecule has 0 radical (unpaired) electrons. The minimum Gasteiger partial charge on any atom is -0.448 e. The van der Waals surface area contributed by atoms with Crippen molar-refractivity contribution in [3.63, 3.8) is 0 Å². The summed E-state index contributed by atoms with van der Waals surface area (Å²) in [6, 6.07) is 0. The highest BCUT2D eigenvalue weighted by Crippen LogP contribution is 2.38. The number of hydrogen-bond donors (Lipinski definition) is 1. The van der Waals surface area contributed by atoms with Crippen molar-refractivity contribution in [1.82, 2.24) is 0 Å². The SMILES string of the molecule is CC(C)(C)C1CCC(OC(=O)OOOOC(=O)O)CC1. The number of hydrogen-bond acceptors (Lipinski definition) is 7. The van der Waals surface area contributed by atoms with Crippen LogP contribution in [0.15, 0.2) is 0 Å². The Labute approximate surface area is 116 Å². The molecule has 0 atom stereocenters. The molecule has 0 aromatic rings. The molecule has 0 spiro atoms. The van der Waals surface area contributed by atoms with Crippen LogP contribution >= 0.6 is 0 Å². The maximum absolute atomic E-state index is 11.2. The van der Waals surface area contributed by atoms with Crippen molar-refractivity contribution in [2.24, 2.45) is 11.3 Å². The molecule has 1 fully saturated rings. The van der Waals surface area contributed by atoms with E-state index in [1.165, 1.54) is 0 Å². The standard InChI is InChI=1S/C12H20O8/c1-12(2,3)8-4-6-9(7-5-8)16-11(15)18-20-19-17-10(13)14/h8-9H,4-7H2,1-3H3,(H,13,14). The van der Waals surface area contributed by atoms with Gasteiger partial charge < -0.3 is 9.84 Å². The second-order valence-corrected chi connectivity index (χ2v) is 5.78. The Hall–Kier alpha value is -1.54. The van der Waals surface area contributed by atoms with E-state index in [2.05, 4.69) is 40.6 Å². The molecule has 0 aliphatic heterocycles. The molecular formula is C12H20O8. The van der Waals surface area contributed by atoms with Gasteiger partial charge in [0.25, 0.3) is 0 Å². The molecule has 0 bridgehead atoms. The van der Waals surface area contributed by atoms with Crippen molar-refractivity contribution >= 4 is 12.3 Å². The summed E-state index contributed by atoms with van der Waals surface area (Å²) < 4.78 is 4.99. The summed E-state index contributed by atoms with van der Waals surface area (Å²) in [6.07, 6.45) is 0.389. The lowest BCUT2D eigenvalue weighted by molar-refractivity contribution is -0.600. The Morgan fingerprint density at radius 3 is 2.05 bits per heavy atom. The van der Waals surface area contributed by atoms with Crippen LogP contribution in [0, 0.1) is 11.3 Å². The van der Waals surface area contributed by atoms with Gasteiger partial charge in [-0.25, -0.2) is 19.4 Å². The monoisotopic (exact) mass is 292 g/mol. The Kier molecular flexibility index (Phi) is 6.03. The molecule has 0 unspecified atom stereocenters. The van der Waals surface area contributed by atoms with Crippen LogP contribution in [0.1, 0.15) is 46.5 Å². The first-order chi connectivity index (χ1) is 9.29. The fraction of sp³-hybridized carbons (Fsp3) is 0.833. The third-order valence-electron chi connectivity index (χ3n) is 3.40. The van der Waals surface area contributed by atoms with Crippen molar-refractivity contribution in [1.29, 1.82) is 0 Å². The molecule has 0 amide bonds. The summed E-state index contributed by atoms with van der Waals surface area (Å²) in [7, 11) is 0. The van der Waals surface area contributed by atoms with E-state index in [-0.39, 0.29) is 11.5 Å². The highest BCUT2D eigenvalue weighted by atomic mass is 17.7. The summed E-state index contributed by atoms with van der Waals surface area (Å²) in [5, 5.41) is 15.4. The Morgan fingerprint density at radius 1 is 1.00 bits per heavy atom. The lowest BCUT2D eigenvalue weighted by Crippen LogP contribution is -2.30. The molecule has 1 N–H and O–H groups in total. The van der Waals surface area contributed by atoms with Gasteiger partial charge in [-0.15, -0.1) is 0 Å². The first kappa shape index (κ1) is 16.5. The molecule has 0 aromatic heterocycles. The van der Waals surface area contributed by atoms with Crippen LogP contribution in [0.25, 0.3) is 0 Å². The Morgan fingerprint density at radius 2 is 1.55 bits per heavy atom. The van der Waals surface area contributed by atoms with Gasteiger partial charge >= 0.3 is 12.3 Å². The highest BCUT2D eigenvalue weighted by Gasteiger charge is 2.31. The predicted octanol–water partition coefficient (Wildman–Crippen LogP) is 3.22. The van der Waals surface area contributed by atoms with Crippen LogP contribution in [-0.2, 0) is 24.6 Å². The van der Waals surface area contributed by atoms with Gasteiger partial charge in [0, 0.05) is 10.1 Å². The second kappa shape index (κ2) is 7.30. The topological polar surface area (TPSA) is 101 Å². The van der Waals surface area contributed by atoms with Crippen LogP contribution in [0.5, 0.6) is 0 Å². The summed E-state index contributed by atoms with van der Waals surface area (Å²) in [5.74, 6) is 0.599. The van der Waals surface area contributed by atoms with Crippen LogP contribution in [0.3, 0.4) is 0 Å². The molecule has 1 aliphatic rings. The molecule has 1 saturated carbocycles. The first-order valence-corrected chi connectivity index (χ1v) is 6.40. The third kappa shape index (κ3) is 6.07. The van der Waals surface area contributed by atoms with E-state index < -0.39 is 12.3 Å². The van der Waals surface area contributed by atoms with Crippen LogP contribution in [-0.4, -0.2) is 23.5 Å². The zero-order chi connectivity index (χ0) is 15.2. The molecular weight excluding hydrogens is 272 g/mol. The van der Waals surface area contributed by atoms with E-state index >= 15 is 0 Å². The van der Waals surface area contributed by atoms with Gasteiger partial charge in [0.2, 0.25) is 0 Å². The Bertz CT molecular complexity index is 327. The summed E-state index contributed by atoms with van der Waals surface area (Å²) in [6.45, 7) is 6.59. The van der Waals surface area contributed by atoms with Crippen LogP contribution in [0.2, 0.25) is 0 Å². The molecule has 1 aliphatic carbocycles. The third-order valence-corrected chi connectivity index (χ3v) is 3.40. The number of carboxylic acid groups (broad SMARTS) is 1. The number of rotatable bonds is 4. The van der Waals surface area contributed by atoms with Crippen molar-refractivity contribution < 1.29 is 39.3 Å². The zero-order valence-electron chi connectivity index (χ0n) is 11.8. The van der Waals surface area contributed by atoms with Crippen molar-refractivity contribution in [3.8, 4) is 0 Å². The van der Waals surface area contributed by atoms with Gasteiger partial charge in [-0.2, -0.15) is 0 Å². The number of carbonyl (C=O) groups excluding carboxylic acids is 1. The maximum atomic E-state index is 11.2. The van der Waals surface area contributed by atoms with Gasteiger partial charge in [-0.3, -0.25) is 0 Å². The maximum Gasteiger partial charge on any atom is 0.543 e. The van der Waals surface area contributed by atoms with Gasteiger partial charge in [0.1, 0.15) is 6.10 Å². The van der Waals surface area contributed by atoms with E-state index in [1.54, 1.807) is 0 Å². The van der Waals surface area contributed by atoms with Crippen LogP contribution in [0.4, 0.5) is 9.59 Å². The normalized spacial score (nSPS) is 22.9. The summed E-state index contributed by atoms with van der Waals surface area (Å²) in [5.41, 5.74) is 0.247. The average Bonchev–Trinajstić information content (AvgIpc) is 2.34. The van der Waals surface area contributed by atoms with E-state index in [0.29, 0.717) is 5.92 Å². The molecule has 8 heteroatoms. The number of ether oxygens (including phenoxy) is 1. The number of carbonyl (C=O) groups is 2. The fourth-order valence-electron chi connectivity index (χ4n) is 2.29. The largest absolute Gasteiger partial charge is 0.543 e. The lowest BCUT2D eigenvalue weighted by atomic mass is 9.72. The molecule has 8 nitrogen and oxygen atoms in total. The first-order valence-electron chi connectivity index (χ1n) is 6.40. The minimum absolute atomic E-state index is 0.231. The fourth-order valence-corrected chi connectivity index (χ4v) is 2.29. The molecule has 0 saturated heterocycles.